The number of ether oxygens (including phenoxy) is 3. The quantitative estimate of drug-likeness (QED) is 0.0262. The number of rotatable bonds is 43. The molecule has 0 bridgehead atoms. The minimum Gasteiger partial charge on any atom is -0.462 e. The molecule has 0 saturated heterocycles. The van der Waals surface area contributed by atoms with Gasteiger partial charge in [0.1, 0.15) is 13.2 Å². The van der Waals surface area contributed by atoms with E-state index in [9.17, 15) is 14.4 Å². The average Bonchev–Trinajstić information content (AvgIpc) is 3.33. The zero-order valence-electron chi connectivity index (χ0n) is 42.1. The first-order valence-corrected chi connectivity index (χ1v) is 25.6. The van der Waals surface area contributed by atoms with Gasteiger partial charge >= 0.3 is 17.9 Å². The fourth-order valence-electron chi connectivity index (χ4n) is 5.98. The van der Waals surface area contributed by atoms with Gasteiger partial charge in [-0.15, -0.1) is 0 Å². The number of hydrogen-bond donors (Lipinski definition) is 0. The molecule has 0 amide bonds. The Bertz CT molecular complexity index is 1620. The van der Waals surface area contributed by atoms with Gasteiger partial charge < -0.3 is 14.2 Å². The predicted molar refractivity (Wildman–Crippen MR) is 288 cm³/mol. The highest BCUT2D eigenvalue weighted by Gasteiger charge is 2.19. The van der Waals surface area contributed by atoms with Gasteiger partial charge in [-0.2, -0.15) is 0 Å². The molecule has 0 N–H and O–H groups in total. The second-order valence-corrected chi connectivity index (χ2v) is 15.9. The monoisotopic (exact) mass is 919 g/mol. The fraction of sp³-hybridized carbons (Fsp3) is 0.492. The molecule has 370 valence electrons. The number of carbonyl (C=O) groups is 3. The number of hydrogen-bond acceptors (Lipinski definition) is 6. The van der Waals surface area contributed by atoms with Gasteiger partial charge in [-0.3, -0.25) is 14.4 Å². The van der Waals surface area contributed by atoms with E-state index in [0.717, 1.165) is 116 Å². The molecule has 1 unspecified atom stereocenters. The Morgan fingerprint density at radius 2 is 0.552 bits per heavy atom. The highest BCUT2D eigenvalue weighted by molar-refractivity contribution is 5.71. The van der Waals surface area contributed by atoms with Crippen LogP contribution >= 0.6 is 0 Å². The second-order valence-electron chi connectivity index (χ2n) is 15.9. The van der Waals surface area contributed by atoms with Crippen molar-refractivity contribution in [2.75, 3.05) is 13.2 Å². The van der Waals surface area contributed by atoms with E-state index in [4.69, 9.17) is 14.2 Å². The van der Waals surface area contributed by atoms with Gasteiger partial charge in [0.15, 0.2) is 6.10 Å². The van der Waals surface area contributed by atoms with Gasteiger partial charge in [-0.25, -0.2) is 0 Å². The summed E-state index contributed by atoms with van der Waals surface area (Å²) in [5, 5.41) is 0. The third-order valence-corrected chi connectivity index (χ3v) is 9.71. The lowest BCUT2D eigenvalue weighted by atomic mass is 10.1. The van der Waals surface area contributed by atoms with E-state index >= 15 is 0 Å². The second kappa shape index (κ2) is 53.4. The Labute approximate surface area is 409 Å². The smallest absolute Gasteiger partial charge is 0.306 e. The summed E-state index contributed by atoms with van der Waals surface area (Å²) in [7, 11) is 0. The van der Waals surface area contributed by atoms with Gasteiger partial charge in [0, 0.05) is 19.3 Å². The van der Waals surface area contributed by atoms with E-state index in [2.05, 4.69) is 179 Å². The van der Waals surface area contributed by atoms with E-state index in [0.29, 0.717) is 19.3 Å². The van der Waals surface area contributed by atoms with Crippen molar-refractivity contribution in [1.82, 2.24) is 0 Å². The molecule has 0 fully saturated rings. The number of esters is 3. The maximum Gasteiger partial charge on any atom is 0.306 e. The summed E-state index contributed by atoms with van der Waals surface area (Å²) in [6.07, 6.45) is 79.2. The van der Waals surface area contributed by atoms with Crippen LogP contribution in [0.1, 0.15) is 175 Å². The standard InChI is InChI=1S/C61H90O6/c1-4-7-10-13-16-19-22-25-28-29-30-31-34-36-39-42-45-48-51-54-60(63)66-57-58(67-61(64)55-52-49-46-43-40-37-33-27-24-21-18-15-12-9-6-3)56-65-59(62)53-50-47-44-41-38-35-32-26-23-20-17-14-11-8-5-2/h7-12,16-21,25-28,30-33,36,38-41,43,45,48,58H,4-6,13-15,22-24,29,34-35,37,42,44,46-47,49-57H2,1-3H3/b10-7-,11-8-,12-9-,19-16-,20-17-,21-18-,28-25-,31-30-,32-26-,33-27-,39-36-,41-38-,43-40-,48-45-. The van der Waals surface area contributed by atoms with E-state index in [1.54, 1.807) is 0 Å². The van der Waals surface area contributed by atoms with Crippen LogP contribution in [0.3, 0.4) is 0 Å². The molecule has 0 rings (SSSR count). The molecule has 0 spiro atoms. The van der Waals surface area contributed by atoms with Crippen LogP contribution in [0.25, 0.3) is 0 Å². The van der Waals surface area contributed by atoms with Crippen LogP contribution in [0, 0.1) is 0 Å². The normalized spacial score (nSPS) is 13.5. The number of allylic oxidation sites excluding steroid dienone is 28. The van der Waals surface area contributed by atoms with Crippen LogP contribution in [0.4, 0.5) is 0 Å². The molecule has 0 aromatic heterocycles. The largest absolute Gasteiger partial charge is 0.462 e. The van der Waals surface area contributed by atoms with Crippen LogP contribution in [0.5, 0.6) is 0 Å². The SMILES string of the molecule is CC/C=C\C/C=C\C/C=C\C/C=C\C/C=C\C/C=C\CCC(=O)OCC(COC(=O)CCCC/C=C\C/C=C\C/C=C\C/C=C\CC)OC(=O)CCCC/C=C\C/C=C\C/C=C\C/C=C\CC. The van der Waals surface area contributed by atoms with Gasteiger partial charge in [0.25, 0.3) is 0 Å². The fourth-order valence-corrected chi connectivity index (χ4v) is 5.98. The molecule has 67 heavy (non-hydrogen) atoms. The average molecular weight is 919 g/mol. The van der Waals surface area contributed by atoms with Gasteiger partial charge in [0.05, 0.1) is 0 Å². The lowest BCUT2D eigenvalue weighted by molar-refractivity contribution is -0.166. The summed E-state index contributed by atoms with van der Waals surface area (Å²) in [5.41, 5.74) is 0. The molecule has 6 nitrogen and oxygen atoms in total. The van der Waals surface area contributed by atoms with Gasteiger partial charge in [0.2, 0.25) is 0 Å². The van der Waals surface area contributed by atoms with E-state index in [1.807, 2.05) is 12.2 Å². The molecule has 0 aliphatic heterocycles. The molecule has 0 radical (unpaired) electrons. The first-order valence-electron chi connectivity index (χ1n) is 25.6. The zero-order valence-corrected chi connectivity index (χ0v) is 42.1. The highest BCUT2D eigenvalue weighted by atomic mass is 16.6. The van der Waals surface area contributed by atoms with Gasteiger partial charge in [-0.1, -0.05) is 191 Å². The van der Waals surface area contributed by atoms with Crippen LogP contribution in [-0.2, 0) is 28.6 Å². The molecule has 0 heterocycles. The highest BCUT2D eigenvalue weighted by Crippen LogP contribution is 2.09. The van der Waals surface area contributed by atoms with Crippen molar-refractivity contribution in [3.63, 3.8) is 0 Å². The molecule has 6 heteroatoms. The van der Waals surface area contributed by atoms with Crippen molar-refractivity contribution < 1.29 is 28.6 Å². The molecule has 0 aromatic carbocycles. The summed E-state index contributed by atoms with van der Waals surface area (Å²) >= 11 is 0. The summed E-state index contributed by atoms with van der Waals surface area (Å²) in [4.78, 5) is 38.0. The molecule has 0 aliphatic carbocycles. The Morgan fingerprint density at radius 1 is 0.299 bits per heavy atom. The molecule has 0 aliphatic rings. The molecule has 0 saturated carbocycles. The van der Waals surface area contributed by atoms with E-state index < -0.39 is 12.1 Å². The maximum atomic E-state index is 12.8. The van der Waals surface area contributed by atoms with Crippen molar-refractivity contribution in [3.8, 4) is 0 Å². The van der Waals surface area contributed by atoms with Crippen molar-refractivity contribution in [2.45, 2.75) is 181 Å². The van der Waals surface area contributed by atoms with E-state index in [1.165, 1.54) is 0 Å². The first kappa shape index (κ1) is 61.8. The van der Waals surface area contributed by atoms with Crippen molar-refractivity contribution in [1.29, 1.82) is 0 Å². The minimum atomic E-state index is -0.856. The minimum absolute atomic E-state index is 0.149. The van der Waals surface area contributed by atoms with Crippen LogP contribution in [0.2, 0.25) is 0 Å². The maximum absolute atomic E-state index is 12.8. The molecular weight excluding hydrogens is 829 g/mol. The van der Waals surface area contributed by atoms with Gasteiger partial charge in [-0.05, 0) is 135 Å². The first-order chi connectivity index (χ1) is 33.0. The Balaban J connectivity index is 4.67. The number of unbranched alkanes of at least 4 members (excludes halogenated alkanes) is 4. The Hall–Kier alpha value is -5.23. The van der Waals surface area contributed by atoms with Crippen molar-refractivity contribution in [3.05, 3.63) is 170 Å². The van der Waals surface area contributed by atoms with Crippen molar-refractivity contribution >= 4 is 17.9 Å². The number of carbonyl (C=O) groups excluding carboxylic acids is 3. The third kappa shape index (κ3) is 51.6. The Kier molecular flexibility index (Phi) is 49.2. The lowest BCUT2D eigenvalue weighted by Gasteiger charge is -2.18. The Morgan fingerprint density at radius 3 is 0.866 bits per heavy atom. The van der Waals surface area contributed by atoms with Crippen molar-refractivity contribution in [2.24, 2.45) is 0 Å². The zero-order chi connectivity index (χ0) is 48.6. The molecule has 1 atom stereocenters. The summed E-state index contributed by atoms with van der Waals surface area (Å²) in [6.45, 7) is 6.12. The molecule has 0 aromatic rings. The van der Waals surface area contributed by atoms with Crippen LogP contribution in [0.15, 0.2) is 170 Å². The summed E-state index contributed by atoms with van der Waals surface area (Å²) in [6, 6.07) is 0. The van der Waals surface area contributed by atoms with Crippen LogP contribution < -0.4 is 0 Å². The molecular formula is C61H90O6. The third-order valence-electron chi connectivity index (χ3n) is 9.71. The topological polar surface area (TPSA) is 78.9 Å². The summed E-state index contributed by atoms with van der Waals surface area (Å²) < 4.78 is 16.6. The van der Waals surface area contributed by atoms with E-state index in [-0.39, 0.29) is 44.4 Å². The predicted octanol–water partition coefficient (Wildman–Crippen LogP) is 17.2. The summed E-state index contributed by atoms with van der Waals surface area (Å²) in [5.74, 6) is -1.13. The lowest BCUT2D eigenvalue weighted by Crippen LogP contribution is -2.30. The van der Waals surface area contributed by atoms with Crippen LogP contribution in [-0.4, -0.2) is 37.2 Å².